The van der Waals surface area contributed by atoms with Crippen LogP contribution >= 0.6 is 23.2 Å². The molecule has 0 unspecified atom stereocenters. The van der Waals surface area contributed by atoms with E-state index < -0.39 is 28.5 Å². The highest BCUT2D eigenvalue weighted by atomic mass is 35.5. The maximum absolute atomic E-state index is 13.8. The van der Waals surface area contributed by atoms with Crippen LogP contribution in [0.3, 0.4) is 0 Å². The predicted octanol–water partition coefficient (Wildman–Crippen LogP) is 5.78. The minimum atomic E-state index is -3.82. The largest absolute Gasteiger partial charge is 0.355 e. The Morgan fingerprint density at radius 2 is 1.51 bits per heavy atom. The van der Waals surface area contributed by atoms with Gasteiger partial charge in [-0.2, -0.15) is 0 Å². The molecule has 4 fully saturated rings. The molecule has 10 heteroatoms. The lowest BCUT2D eigenvalue weighted by Gasteiger charge is -2.57. The van der Waals surface area contributed by atoms with Crippen LogP contribution in [-0.2, 0) is 31.6 Å². The number of carbonyl (C=O) groups excluding carboxylic acids is 2. The van der Waals surface area contributed by atoms with Crippen molar-refractivity contribution in [2.24, 2.45) is 17.8 Å². The molecular weight excluding hydrogens is 581 g/mol. The fraction of sp³-hybridized carbons (Fsp3) is 0.548. The summed E-state index contributed by atoms with van der Waals surface area (Å²) in [6, 6.07) is 11.9. The average Bonchev–Trinajstić information content (AvgIpc) is 2.90. The van der Waals surface area contributed by atoms with Crippen molar-refractivity contribution in [3.05, 3.63) is 63.6 Å². The topological polar surface area (TPSA) is 86.8 Å². The fourth-order valence-electron chi connectivity index (χ4n) is 7.82. The van der Waals surface area contributed by atoms with Crippen LogP contribution in [0.4, 0.5) is 5.69 Å². The van der Waals surface area contributed by atoms with Gasteiger partial charge in [-0.15, -0.1) is 0 Å². The zero-order chi connectivity index (χ0) is 29.5. The summed E-state index contributed by atoms with van der Waals surface area (Å²) in [6.07, 6.45) is 8.79. The Bertz CT molecular complexity index is 1360. The molecule has 4 aliphatic rings. The summed E-state index contributed by atoms with van der Waals surface area (Å²) in [4.78, 5) is 27.9. The molecule has 2 aromatic carbocycles. The van der Waals surface area contributed by atoms with Gasteiger partial charge in [0.1, 0.15) is 12.6 Å². The van der Waals surface area contributed by atoms with Crippen LogP contribution in [0.2, 0.25) is 10.0 Å². The number of rotatable bonds is 10. The van der Waals surface area contributed by atoms with Gasteiger partial charge in [-0.1, -0.05) is 41.4 Å². The minimum Gasteiger partial charge on any atom is -0.355 e. The van der Waals surface area contributed by atoms with E-state index in [1.807, 2.05) is 12.1 Å². The van der Waals surface area contributed by atoms with Crippen molar-refractivity contribution in [3.63, 3.8) is 0 Å². The van der Waals surface area contributed by atoms with Crippen molar-refractivity contribution < 1.29 is 18.0 Å². The van der Waals surface area contributed by atoms with Gasteiger partial charge in [0.25, 0.3) is 0 Å². The molecule has 6 rings (SSSR count). The van der Waals surface area contributed by atoms with E-state index in [1.165, 1.54) is 49.0 Å². The maximum atomic E-state index is 13.8. The summed E-state index contributed by atoms with van der Waals surface area (Å²) in [5.41, 5.74) is 2.38. The van der Waals surface area contributed by atoms with Crippen LogP contribution < -0.4 is 9.62 Å². The lowest BCUT2D eigenvalue weighted by Crippen LogP contribution is -2.51. The van der Waals surface area contributed by atoms with Crippen molar-refractivity contribution in [3.8, 4) is 0 Å². The monoisotopic (exact) mass is 619 g/mol. The molecule has 222 valence electrons. The van der Waals surface area contributed by atoms with Gasteiger partial charge >= 0.3 is 0 Å². The molecule has 1 atom stereocenters. The molecule has 0 spiro atoms. The Hall–Kier alpha value is -2.29. The molecule has 1 N–H and O–H groups in total. The molecule has 4 bridgehead atoms. The third-order valence-electron chi connectivity index (χ3n) is 9.39. The lowest BCUT2D eigenvalue weighted by atomic mass is 9.48. The molecule has 0 aromatic heterocycles. The highest BCUT2D eigenvalue weighted by Crippen LogP contribution is 2.60. The van der Waals surface area contributed by atoms with Gasteiger partial charge < -0.3 is 10.2 Å². The van der Waals surface area contributed by atoms with E-state index in [2.05, 4.69) is 17.4 Å². The lowest BCUT2D eigenvalue weighted by molar-refractivity contribution is -0.139. The summed E-state index contributed by atoms with van der Waals surface area (Å²) in [5, 5.41) is 3.46. The van der Waals surface area contributed by atoms with Crippen molar-refractivity contribution >= 4 is 50.7 Å². The molecule has 2 amide bonds. The maximum Gasteiger partial charge on any atom is 0.244 e. The van der Waals surface area contributed by atoms with E-state index in [4.69, 9.17) is 23.2 Å². The van der Waals surface area contributed by atoms with Gasteiger partial charge in [0.15, 0.2) is 0 Å². The molecule has 0 heterocycles. The van der Waals surface area contributed by atoms with E-state index in [-0.39, 0.29) is 17.9 Å². The Kier molecular flexibility index (Phi) is 8.66. The minimum absolute atomic E-state index is 0.0435. The quantitative estimate of drug-likeness (QED) is 0.365. The number of nitrogens with one attached hydrogen (secondary N) is 1. The summed E-state index contributed by atoms with van der Waals surface area (Å²) in [7, 11) is -3.82. The van der Waals surface area contributed by atoms with Gasteiger partial charge in [-0.25, -0.2) is 8.42 Å². The number of halogens is 2. The first-order valence-corrected chi connectivity index (χ1v) is 17.1. The second kappa shape index (κ2) is 11.8. The highest BCUT2D eigenvalue weighted by Gasteiger charge is 2.51. The molecule has 41 heavy (non-hydrogen) atoms. The van der Waals surface area contributed by atoms with Crippen LogP contribution in [0.5, 0.6) is 0 Å². The van der Waals surface area contributed by atoms with Crippen LogP contribution in [-0.4, -0.2) is 50.5 Å². The van der Waals surface area contributed by atoms with Crippen LogP contribution in [0.15, 0.2) is 42.5 Å². The first kappa shape index (κ1) is 30.2. The van der Waals surface area contributed by atoms with Crippen molar-refractivity contribution in [1.29, 1.82) is 0 Å². The standard InChI is InChI=1S/C31H39Cl2N3O4S/c1-4-34-30(38)20(2)35(18-26-27(32)6-5-7-28(26)33)29(37)19-36(41(3,39)40)25-10-8-24(9-11-25)31-15-21-12-22(16-31)14-23(13-21)17-31/h5-11,20-23H,4,12-19H2,1-3H3,(H,34,38)/t20-,21?,22?,23?,31?/m1/s1. The van der Waals surface area contributed by atoms with Gasteiger partial charge in [0.2, 0.25) is 21.8 Å². The average molecular weight is 621 g/mol. The third kappa shape index (κ3) is 6.25. The smallest absolute Gasteiger partial charge is 0.244 e. The number of likely N-dealkylation sites (N-methyl/N-ethyl adjacent to an activating group) is 1. The van der Waals surface area contributed by atoms with E-state index in [0.717, 1.165) is 28.3 Å². The summed E-state index contributed by atoms with van der Waals surface area (Å²) < 4.78 is 27.1. The zero-order valence-electron chi connectivity index (χ0n) is 23.9. The highest BCUT2D eigenvalue weighted by molar-refractivity contribution is 7.92. The molecule has 2 aromatic rings. The number of nitrogens with zero attached hydrogens (tertiary/aromatic N) is 2. The third-order valence-corrected chi connectivity index (χ3v) is 11.2. The fourth-order valence-corrected chi connectivity index (χ4v) is 9.18. The van der Waals surface area contributed by atoms with E-state index in [9.17, 15) is 18.0 Å². The van der Waals surface area contributed by atoms with Gasteiger partial charge in [0, 0.05) is 28.7 Å². The number of hydrogen-bond donors (Lipinski definition) is 1. The van der Waals surface area contributed by atoms with Gasteiger partial charge in [0.05, 0.1) is 11.9 Å². The first-order valence-electron chi connectivity index (χ1n) is 14.5. The van der Waals surface area contributed by atoms with Crippen molar-refractivity contribution in [1.82, 2.24) is 10.2 Å². The second-order valence-electron chi connectivity index (χ2n) is 12.3. The predicted molar refractivity (Wildman–Crippen MR) is 164 cm³/mol. The van der Waals surface area contributed by atoms with Gasteiger partial charge in [-0.3, -0.25) is 13.9 Å². The molecule has 4 aliphatic carbocycles. The van der Waals surface area contributed by atoms with Crippen molar-refractivity contribution in [2.45, 2.75) is 70.4 Å². The SMILES string of the molecule is CCNC(=O)[C@@H](C)N(Cc1c(Cl)cccc1Cl)C(=O)CN(c1ccc(C23CC4CC(CC(C4)C2)C3)cc1)S(C)(=O)=O. The Morgan fingerprint density at radius 1 is 0.976 bits per heavy atom. The summed E-state index contributed by atoms with van der Waals surface area (Å²) >= 11 is 12.8. The van der Waals surface area contributed by atoms with Crippen LogP contribution in [0, 0.1) is 17.8 Å². The molecule has 0 radical (unpaired) electrons. The molecule has 0 saturated heterocycles. The van der Waals surface area contributed by atoms with E-state index in [1.54, 1.807) is 32.0 Å². The molecule has 7 nitrogen and oxygen atoms in total. The molecule has 4 saturated carbocycles. The molecular formula is C31H39Cl2N3O4S. The van der Waals surface area contributed by atoms with Crippen molar-refractivity contribution in [2.75, 3.05) is 23.7 Å². The number of carbonyl (C=O) groups is 2. The molecule has 0 aliphatic heterocycles. The zero-order valence-corrected chi connectivity index (χ0v) is 26.2. The Balaban J connectivity index is 1.41. The second-order valence-corrected chi connectivity index (χ2v) is 15.0. The number of amides is 2. The van der Waals surface area contributed by atoms with Crippen LogP contribution in [0.25, 0.3) is 0 Å². The number of hydrogen-bond acceptors (Lipinski definition) is 4. The summed E-state index contributed by atoms with van der Waals surface area (Å²) in [5.74, 6) is 1.52. The first-order chi connectivity index (χ1) is 19.4. The Morgan fingerprint density at radius 3 is 2.00 bits per heavy atom. The van der Waals surface area contributed by atoms with Crippen LogP contribution in [0.1, 0.15) is 63.5 Å². The number of sulfonamides is 1. The number of benzene rings is 2. The normalized spacial score (nSPS) is 25.5. The van der Waals surface area contributed by atoms with Gasteiger partial charge in [-0.05, 0) is 105 Å². The Labute approximate surface area is 253 Å². The van der Waals surface area contributed by atoms with E-state index in [0.29, 0.717) is 27.8 Å². The summed E-state index contributed by atoms with van der Waals surface area (Å²) in [6.45, 7) is 3.29. The number of anilines is 1. The van der Waals surface area contributed by atoms with E-state index >= 15 is 0 Å².